The first kappa shape index (κ1) is 13.0. The Morgan fingerprint density at radius 3 is 2.82 bits per heavy atom. The van der Waals surface area contributed by atoms with E-state index in [0.717, 1.165) is 12.5 Å². The first-order chi connectivity index (χ1) is 7.95. The van der Waals surface area contributed by atoms with E-state index < -0.39 is 12.1 Å². The van der Waals surface area contributed by atoms with Crippen LogP contribution in [0.1, 0.15) is 19.0 Å². The summed E-state index contributed by atoms with van der Waals surface area (Å²) >= 11 is 0. The fraction of sp³-hybridized carbons (Fsp3) is 0.300. The fourth-order valence-corrected chi connectivity index (χ4v) is 0.886. The van der Waals surface area contributed by atoms with Crippen LogP contribution in [0.5, 0.6) is 0 Å². The van der Waals surface area contributed by atoms with E-state index in [0.29, 0.717) is 6.42 Å². The molecule has 0 spiro atoms. The van der Waals surface area contributed by atoms with Crippen molar-refractivity contribution < 1.29 is 18.0 Å². The van der Waals surface area contributed by atoms with Gasteiger partial charge >= 0.3 is 12.1 Å². The molecule has 0 atom stereocenters. The molecule has 1 aromatic heterocycles. The van der Waals surface area contributed by atoms with Crippen LogP contribution in [0, 0.1) is 11.8 Å². The summed E-state index contributed by atoms with van der Waals surface area (Å²) in [6, 6.07) is 0. The van der Waals surface area contributed by atoms with Gasteiger partial charge in [0.25, 0.3) is 0 Å². The zero-order valence-corrected chi connectivity index (χ0v) is 8.80. The van der Waals surface area contributed by atoms with E-state index in [4.69, 9.17) is 0 Å². The van der Waals surface area contributed by atoms with E-state index in [1.807, 2.05) is 0 Å². The van der Waals surface area contributed by atoms with Crippen LogP contribution in [0.25, 0.3) is 0 Å². The van der Waals surface area contributed by atoms with Gasteiger partial charge in [-0.2, -0.15) is 13.2 Å². The summed E-state index contributed by atoms with van der Waals surface area (Å²) < 4.78 is 36.1. The molecular formula is C10H8F3N3O. The molecule has 0 aliphatic heterocycles. The molecular weight excluding hydrogens is 235 g/mol. The number of hydrogen-bond donors (Lipinski definition) is 1. The zero-order valence-electron chi connectivity index (χ0n) is 8.80. The summed E-state index contributed by atoms with van der Waals surface area (Å²) in [5.74, 6) is 3.10. The van der Waals surface area contributed by atoms with Gasteiger partial charge in [0.05, 0.1) is 11.9 Å². The Labute approximate surface area is 95.3 Å². The summed E-state index contributed by atoms with van der Waals surface area (Å²) in [6.45, 7) is 1.78. The van der Waals surface area contributed by atoms with Crippen molar-refractivity contribution in [1.29, 1.82) is 0 Å². The number of carbonyl (C=O) groups excluding carboxylic acids is 1. The van der Waals surface area contributed by atoms with E-state index >= 15 is 0 Å². The summed E-state index contributed by atoms with van der Waals surface area (Å²) in [4.78, 5) is 17.9. The van der Waals surface area contributed by atoms with Gasteiger partial charge in [0, 0.05) is 6.42 Å². The molecule has 0 bridgehead atoms. The second-order valence-corrected chi connectivity index (χ2v) is 2.89. The average Bonchev–Trinajstić information content (AvgIpc) is 2.26. The number of nitrogens with zero attached hydrogens (tertiary/aromatic N) is 2. The summed E-state index contributed by atoms with van der Waals surface area (Å²) in [5.41, 5.74) is -0.102. The Hall–Kier alpha value is -2.10. The molecule has 90 valence electrons. The van der Waals surface area contributed by atoms with Crippen LogP contribution in [0.2, 0.25) is 0 Å². The van der Waals surface area contributed by atoms with Crippen LogP contribution in [0.4, 0.5) is 18.9 Å². The molecule has 0 unspecified atom stereocenters. The molecule has 17 heavy (non-hydrogen) atoms. The van der Waals surface area contributed by atoms with E-state index in [2.05, 4.69) is 21.8 Å². The van der Waals surface area contributed by atoms with Crippen LogP contribution in [-0.2, 0) is 4.79 Å². The first-order valence-corrected chi connectivity index (χ1v) is 4.62. The molecule has 0 radical (unpaired) electrons. The van der Waals surface area contributed by atoms with Crippen LogP contribution in [0.3, 0.4) is 0 Å². The minimum absolute atomic E-state index is 0.0550. The van der Waals surface area contributed by atoms with E-state index in [-0.39, 0.29) is 11.4 Å². The molecule has 0 aliphatic rings. The third-order valence-electron chi connectivity index (χ3n) is 1.60. The van der Waals surface area contributed by atoms with Crippen molar-refractivity contribution in [3.8, 4) is 11.8 Å². The SMILES string of the molecule is CCC#Cc1ncncc1NC(=O)C(F)(F)F. The van der Waals surface area contributed by atoms with Crippen molar-refractivity contribution >= 4 is 11.6 Å². The van der Waals surface area contributed by atoms with Gasteiger partial charge in [-0.25, -0.2) is 9.97 Å². The van der Waals surface area contributed by atoms with Gasteiger partial charge in [-0.05, 0) is 5.92 Å². The Bertz CT molecular complexity index is 474. The number of nitrogens with one attached hydrogen (secondary N) is 1. The predicted molar refractivity (Wildman–Crippen MR) is 53.9 cm³/mol. The number of carbonyl (C=O) groups is 1. The third-order valence-corrected chi connectivity index (χ3v) is 1.60. The molecule has 1 aromatic rings. The minimum Gasteiger partial charge on any atom is -0.314 e. The molecule has 1 rings (SSSR count). The highest BCUT2D eigenvalue weighted by Crippen LogP contribution is 2.18. The standard InChI is InChI=1S/C10H8F3N3O/c1-2-3-4-7-8(5-14-6-15-7)16-9(17)10(11,12)13/h5-6H,2H2,1H3,(H,16,17). The van der Waals surface area contributed by atoms with Gasteiger partial charge in [-0.1, -0.05) is 12.8 Å². The molecule has 0 saturated carbocycles. The van der Waals surface area contributed by atoms with Crippen molar-refractivity contribution in [2.75, 3.05) is 5.32 Å². The Kier molecular flexibility index (Phi) is 4.04. The lowest BCUT2D eigenvalue weighted by atomic mass is 10.3. The lowest BCUT2D eigenvalue weighted by Gasteiger charge is -2.08. The first-order valence-electron chi connectivity index (χ1n) is 4.62. The predicted octanol–water partition coefficient (Wildman–Crippen LogP) is 1.74. The lowest BCUT2D eigenvalue weighted by Crippen LogP contribution is -2.30. The smallest absolute Gasteiger partial charge is 0.314 e. The van der Waals surface area contributed by atoms with Crippen molar-refractivity contribution in [2.45, 2.75) is 19.5 Å². The second-order valence-electron chi connectivity index (χ2n) is 2.89. The lowest BCUT2D eigenvalue weighted by molar-refractivity contribution is -0.167. The average molecular weight is 243 g/mol. The van der Waals surface area contributed by atoms with Gasteiger partial charge in [0.15, 0.2) is 0 Å². The van der Waals surface area contributed by atoms with Crippen molar-refractivity contribution in [1.82, 2.24) is 9.97 Å². The monoisotopic (exact) mass is 243 g/mol. The Balaban J connectivity index is 2.95. The maximum atomic E-state index is 12.0. The summed E-state index contributed by atoms with van der Waals surface area (Å²) in [6.07, 6.45) is -2.22. The number of amides is 1. The summed E-state index contributed by atoms with van der Waals surface area (Å²) in [7, 11) is 0. The second kappa shape index (κ2) is 5.30. The molecule has 7 heteroatoms. The fourth-order valence-electron chi connectivity index (χ4n) is 0.886. The number of alkyl halides is 3. The molecule has 1 heterocycles. The van der Waals surface area contributed by atoms with Gasteiger partial charge in [0.1, 0.15) is 12.0 Å². The molecule has 1 amide bonds. The third kappa shape index (κ3) is 3.75. The number of halogens is 3. The molecule has 1 N–H and O–H groups in total. The summed E-state index contributed by atoms with van der Waals surface area (Å²) in [5, 5.41) is 1.67. The molecule has 0 saturated heterocycles. The Morgan fingerprint density at radius 1 is 1.53 bits per heavy atom. The normalized spacial score (nSPS) is 10.4. The Morgan fingerprint density at radius 2 is 2.24 bits per heavy atom. The maximum absolute atomic E-state index is 12.0. The van der Waals surface area contributed by atoms with Crippen molar-refractivity contribution in [3.63, 3.8) is 0 Å². The van der Waals surface area contributed by atoms with Crippen molar-refractivity contribution in [2.24, 2.45) is 0 Å². The van der Waals surface area contributed by atoms with Crippen molar-refractivity contribution in [3.05, 3.63) is 18.2 Å². The zero-order chi connectivity index (χ0) is 12.9. The maximum Gasteiger partial charge on any atom is 0.471 e. The number of rotatable bonds is 1. The highest BCUT2D eigenvalue weighted by atomic mass is 19.4. The van der Waals surface area contributed by atoms with Crippen LogP contribution in [-0.4, -0.2) is 22.1 Å². The van der Waals surface area contributed by atoms with E-state index in [9.17, 15) is 18.0 Å². The van der Waals surface area contributed by atoms with Gasteiger partial charge in [0.2, 0.25) is 0 Å². The molecule has 0 aromatic carbocycles. The van der Waals surface area contributed by atoms with Crippen LogP contribution < -0.4 is 5.32 Å². The number of hydrogen-bond acceptors (Lipinski definition) is 3. The quantitative estimate of drug-likeness (QED) is 0.764. The molecule has 0 aliphatic carbocycles. The van der Waals surface area contributed by atoms with E-state index in [1.54, 1.807) is 12.2 Å². The van der Waals surface area contributed by atoms with E-state index in [1.165, 1.54) is 0 Å². The number of aromatic nitrogens is 2. The highest BCUT2D eigenvalue weighted by Gasteiger charge is 2.39. The van der Waals surface area contributed by atoms with Gasteiger partial charge in [-0.15, -0.1) is 0 Å². The van der Waals surface area contributed by atoms with Crippen LogP contribution in [0.15, 0.2) is 12.5 Å². The van der Waals surface area contributed by atoms with Crippen LogP contribution >= 0.6 is 0 Å². The minimum atomic E-state index is -4.95. The highest BCUT2D eigenvalue weighted by molar-refractivity contribution is 5.95. The largest absolute Gasteiger partial charge is 0.471 e. The molecule has 4 nitrogen and oxygen atoms in total. The van der Waals surface area contributed by atoms with Gasteiger partial charge in [-0.3, -0.25) is 4.79 Å². The molecule has 0 fully saturated rings. The number of anilines is 1. The topological polar surface area (TPSA) is 54.9 Å². The van der Waals surface area contributed by atoms with Gasteiger partial charge < -0.3 is 5.32 Å².